The Labute approximate surface area is 220 Å². The van der Waals surface area contributed by atoms with Gasteiger partial charge in [0.25, 0.3) is 5.92 Å². The molecule has 194 valence electrons. The second-order valence-corrected chi connectivity index (χ2v) is 9.88. The summed E-state index contributed by atoms with van der Waals surface area (Å²) in [6, 6.07) is 16.0. The van der Waals surface area contributed by atoms with Gasteiger partial charge < -0.3 is 4.98 Å². The highest BCUT2D eigenvalue weighted by Gasteiger charge is 2.37. The van der Waals surface area contributed by atoms with Crippen molar-refractivity contribution in [2.24, 2.45) is 0 Å². The highest BCUT2D eigenvalue weighted by molar-refractivity contribution is 5.97. The minimum atomic E-state index is -2.63. The fraction of sp³-hybridized carbons (Fsp3) is 0.172. The third-order valence-electron chi connectivity index (χ3n) is 7.09. The summed E-state index contributed by atoms with van der Waals surface area (Å²) in [4.78, 5) is 18.9. The Hall–Kier alpha value is -4.57. The normalized spacial score (nSPS) is 15.5. The molecule has 0 aliphatic carbocycles. The van der Waals surface area contributed by atoms with Crippen LogP contribution >= 0.6 is 0 Å². The Bertz CT molecular complexity index is 1820. The van der Waals surface area contributed by atoms with Gasteiger partial charge in [0.15, 0.2) is 5.82 Å². The average Bonchev–Trinajstić information content (AvgIpc) is 3.64. The van der Waals surface area contributed by atoms with Crippen molar-refractivity contribution in [3.63, 3.8) is 0 Å². The number of nitrogens with zero attached hydrogens (tertiary/aromatic N) is 5. The Morgan fingerprint density at radius 2 is 1.82 bits per heavy atom. The lowest BCUT2D eigenvalue weighted by Crippen LogP contribution is -2.24. The summed E-state index contributed by atoms with van der Waals surface area (Å²) in [6.07, 6.45) is 5.01. The van der Waals surface area contributed by atoms with Crippen LogP contribution in [-0.4, -0.2) is 54.0 Å². The van der Waals surface area contributed by atoms with Crippen molar-refractivity contribution < 1.29 is 13.2 Å². The van der Waals surface area contributed by atoms with E-state index >= 15 is 0 Å². The predicted octanol–water partition coefficient (Wildman–Crippen LogP) is 6.21. The molecular formula is C29H22F3N7. The summed E-state index contributed by atoms with van der Waals surface area (Å²) in [6.45, 7) is 0.533. The van der Waals surface area contributed by atoms with Gasteiger partial charge in [0.05, 0.1) is 35.0 Å². The molecule has 10 heteroatoms. The summed E-state index contributed by atoms with van der Waals surface area (Å²) in [5, 5.41) is 8.36. The van der Waals surface area contributed by atoms with Crippen LogP contribution in [0.25, 0.3) is 55.8 Å². The van der Waals surface area contributed by atoms with Crippen LogP contribution in [0.15, 0.2) is 73.2 Å². The molecule has 2 N–H and O–H groups in total. The van der Waals surface area contributed by atoms with E-state index in [0.717, 1.165) is 44.2 Å². The predicted molar refractivity (Wildman–Crippen MR) is 142 cm³/mol. The topological polar surface area (TPSA) is 86.4 Å². The van der Waals surface area contributed by atoms with Crippen LogP contribution in [0.3, 0.4) is 0 Å². The number of aromatic nitrogens is 6. The maximum Gasteiger partial charge on any atom is 0.261 e. The number of halogens is 3. The average molecular weight is 526 g/mol. The Kier molecular flexibility index (Phi) is 5.44. The van der Waals surface area contributed by atoms with Crippen LogP contribution in [0, 0.1) is 5.82 Å². The van der Waals surface area contributed by atoms with Gasteiger partial charge in [-0.05, 0) is 41.5 Å². The van der Waals surface area contributed by atoms with Gasteiger partial charge in [0.1, 0.15) is 11.5 Å². The summed E-state index contributed by atoms with van der Waals surface area (Å²) in [5.41, 5.74) is 7.06. The van der Waals surface area contributed by atoms with E-state index in [4.69, 9.17) is 4.98 Å². The van der Waals surface area contributed by atoms with E-state index in [1.165, 1.54) is 12.1 Å². The highest BCUT2D eigenvalue weighted by atomic mass is 19.3. The standard InChI is InChI=1S/C29H22F3N7/c30-20-6-4-18(5-7-20)21-2-1-3-23-26(21)36-28(35-23)27-22-11-24(34-14-25(22)37-38-27)19-10-17(12-33-13-19)15-39-9-8-29(31,32)16-39/h1-7,10-14H,8-9,15-16H2,(H,35,36)(H,37,38). The zero-order valence-electron chi connectivity index (χ0n) is 20.6. The summed E-state index contributed by atoms with van der Waals surface area (Å²) in [5.74, 6) is -2.34. The zero-order chi connectivity index (χ0) is 26.6. The first-order valence-electron chi connectivity index (χ1n) is 12.6. The molecule has 0 saturated carbocycles. The van der Waals surface area contributed by atoms with Crippen molar-refractivity contribution in [3.05, 3.63) is 84.6 Å². The smallest absolute Gasteiger partial charge is 0.261 e. The number of rotatable bonds is 5. The summed E-state index contributed by atoms with van der Waals surface area (Å²) >= 11 is 0. The van der Waals surface area contributed by atoms with E-state index in [0.29, 0.717) is 30.3 Å². The SMILES string of the molecule is Fc1ccc(-c2cccc3[nH]c(-c4n[nH]c5cnc(-c6cncc(CN7CCC(F)(F)C7)c6)cc45)nc23)cc1. The van der Waals surface area contributed by atoms with Gasteiger partial charge in [-0.1, -0.05) is 24.3 Å². The number of likely N-dealkylation sites (tertiary alicyclic amines) is 1. The molecule has 1 aliphatic rings. The molecule has 1 saturated heterocycles. The number of hydrogen-bond donors (Lipinski definition) is 2. The van der Waals surface area contributed by atoms with Crippen LogP contribution in [0.2, 0.25) is 0 Å². The summed E-state index contributed by atoms with van der Waals surface area (Å²) < 4.78 is 40.7. The van der Waals surface area contributed by atoms with Gasteiger partial charge in [0.2, 0.25) is 0 Å². The molecule has 4 aromatic heterocycles. The number of benzene rings is 2. The first kappa shape index (κ1) is 23.5. The largest absolute Gasteiger partial charge is 0.337 e. The molecule has 6 aromatic rings. The van der Waals surface area contributed by atoms with Gasteiger partial charge in [-0.2, -0.15) is 5.10 Å². The second-order valence-electron chi connectivity index (χ2n) is 9.88. The van der Waals surface area contributed by atoms with Crippen molar-refractivity contribution >= 4 is 21.9 Å². The number of alkyl halides is 2. The van der Waals surface area contributed by atoms with Gasteiger partial charge in [0, 0.05) is 48.4 Å². The van der Waals surface area contributed by atoms with E-state index in [-0.39, 0.29) is 18.8 Å². The zero-order valence-corrected chi connectivity index (χ0v) is 20.6. The first-order valence-corrected chi connectivity index (χ1v) is 12.6. The molecule has 0 bridgehead atoms. The molecule has 2 aromatic carbocycles. The maximum atomic E-state index is 13.6. The lowest BCUT2D eigenvalue weighted by atomic mass is 10.0. The van der Waals surface area contributed by atoms with Gasteiger partial charge in [-0.25, -0.2) is 18.2 Å². The fourth-order valence-electron chi connectivity index (χ4n) is 5.18. The van der Waals surface area contributed by atoms with E-state index in [1.807, 2.05) is 30.3 Å². The highest BCUT2D eigenvalue weighted by Crippen LogP contribution is 2.33. The summed E-state index contributed by atoms with van der Waals surface area (Å²) in [7, 11) is 0. The Morgan fingerprint density at radius 1 is 0.949 bits per heavy atom. The molecule has 0 unspecified atom stereocenters. The van der Waals surface area contributed by atoms with Crippen molar-refractivity contribution in [2.45, 2.75) is 18.9 Å². The lowest BCUT2D eigenvalue weighted by molar-refractivity contribution is 0.0115. The van der Waals surface area contributed by atoms with E-state index in [1.54, 1.807) is 35.6 Å². The molecule has 39 heavy (non-hydrogen) atoms. The maximum absolute atomic E-state index is 13.6. The number of imidazole rings is 1. The van der Waals surface area contributed by atoms with Gasteiger partial charge in [-0.3, -0.25) is 20.0 Å². The molecule has 5 heterocycles. The molecule has 1 fully saturated rings. The molecule has 7 nitrogen and oxygen atoms in total. The molecular weight excluding hydrogens is 503 g/mol. The Morgan fingerprint density at radius 3 is 2.64 bits per heavy atom. The minimum Gasteiger partial charge on any atom is -0.337 e. The van der Waals surface area contributed by atoms with E-state index in [2.05, 4.69) is 25.1 Å². The number of H-pyrrole nitrogens is 2. The van der Waals surface area contributed by atoms with Crippen molar-refractivity contribution in [1.29, 1.82) is 0 Å². The van der Waals surface area contributed by atoms with E-state index < -0.39 is 5.92 Å². The van der Waals surface area contributed by atoms with Gasteiger partial charge >= 0.3 is 0 Å². The van der Waals surface area contributed by atoms with Crippen molar-refractivity contribution in [1.82, 2.24) is 35.0 Å². The monoisotopic (exact) mass is 525 g/mol. The first-order chi connectivity index (χ1) is 18.9. The number of hydrogen-bond acceptors (Lipinski definition) is 5. The molecule has 0 spiro atoms. The number of para-hydroxylation sites is 1. The molecule has 0 amide bonds. The lowest BCUT2D eigenvalue weighted by Gasteiger charge is -2.15. The fourth-order valence-corrected chi connectivity index (χ4v) is 5.18. The third-order valence-corrected chi connectivity index (χ3v) is 7.09. The quantitative estimate of drug-likeness (QED) is 0.280. The van der Waals surface area contributed by atoms with Crippen molar-refractivity contribution in [3.8, 4) is 33.9 Å². The number of aromatic amines is 2. The third kappa shape index (κ3) is 4.42. The molecule has 0 radical (unpaired) electrons. The number of pyridine rings is 2. The molecule has 7 rings (SSSR count). The van der Waals surface area contributed by atoms with Crippen LogP contribution in [0.4, 0.5) is 13.2 Å². The van der Waals surface area contributed by atoms with Gasteiger partial charge in [-0.15, -0.1) is 0 Å². The van der Waals surface area contributed by atoms with Crippen LogP contribution in [-0.2, 0) is 6.54 Å². The molecule has 0 atom stereocenters. The number of nitrogens with one attached hydrogen (secondary N) is 2. The second kappa shape index (κ2) is 9.02. The number of fused-ring (bicyclic) bond motifs is 2. The van der Waals surface area contributed by atoms with Crippen molar-refractivity contribution in [2.75, 3.05) is 13.1 Å². The van der Waals surface area contributed by atoms with Crippen LogP contribution in [0.5, 0.6) is 0 Å². The van der Waals surface area contributed by atoms with Crippen LogP contribution < -0.4 is 0 Å². The van der Waals surface area contributed by atoms with E-state index in [9.17, 15) is 13.2 Å². The molecule has 1 aliphatic heterocycles. The Balaban J connectivity index is 1.24. The van der Waals surface area contributed by atoms with Crippen LogP contribution in [0.1, 0.15) is 12.0 Å². The minimum absolute atomic E-state index is 0.116.